The van der Waals surface area contributed by atoms with Gasteiger partial charge in [0, 0.05) is 5.69 Å². The number of alkyl halides is 3. The van der Waals surface area contributed by atoms with E-state index in [-0.39, 0.29) is 5.69 Å². The molecular formula is C18H17F3N2O. The molecule has 0 bridgehead atoms. The van der Waals surface area contributed by atoms with Crippen LogP contribution in [0.2, 0.25) is 0 Å². The molecule has 2 amide bonds. The third-order valence-electron chi connectivity index (χ3n) is 4.15. The van der Waals surface area contributed by atoms with E-state index in [9.17, 15) is 18.0 Å². The van der Waals surface area contributed by atoms with Crippen molar-refractivity contribution in [3.8, 4) is 0 Å². The number of urea groups is 1. The van der Waals surface area contributed by atoms with Crippen LogP contribution in [0.3, 0.4) is 0 Å². The number of carbonyl (C=O) groups is 1. The zero-order chi connectivity index (χ0) is 17.4. The molecule has 1 aliphatic rings. The first kappa shape index (κ1) is 16.4. The number of benzene rings is 2. The van der Waals surface area contributed by atoms with Gasteiger partial charge in [-0.15, -0.1) is 0 Å². The van der Waals surface area contributed by atoms with Gasteiger partial charge in [-0.1, -0.05) is 35.9 Å². The van der Waals surface area contributed by atoms with Gasteiger partial charge >= 0.3 is 12.2 Å². The zero-order valence-corrected chi connectivity index (χ0v) is 13.1. The molecule has 0 heterocycles. The van der Waals surface area contributed by atoms with Crippen molar-refractivity contribution in [2.45, 2.75) is 31.5 Å². The Kier molecular flexibility index (Phi) is 3.99. The van der Waals surface area contributed by atoms with Crippen molar-refractivity contribution in [3.63, 3.8) is 0 Å². The molecule has 2 N–H and O–H groups in total. The predicted molar refractivity (Wildman–Crippen MR) is 85.7 cm³/mol. The van der Waals surface area contributed by atoms with E-state index in [1.165, 1.54) is 12.1 Å². The number of nitrogens with one attached hydrogen (secondary N) is 2. The molecule has 1 aliphatic carbocycles. The standard InChI is InChI=1S/C18H17F3N2O/c1-12-5-7-13(8-6-12)17(9-10-17)23-16(24)22-15-4-2-3-14(11-15)18(19,20)21/h2-8,11H,9-10H2,1H3,(H2,22,23,24). The van der Waals surface area contributed by atoms with Crippen LogP contribution in [0.1, 0.15) is 29.5 Å². The maximum Gasteiger partial charge on any atom is 0.416 e. The van der Waals surface area contributed by atoms with Crippen LogP contribution in [0.5, 0.6) is 0 Å². The Morgan fingerprint density at radius 2 is 1.75 bits per heavy atom. The van der Waals surface area contributed by atoms with Crippen LogP contribution in [-0.4, -0.2) is 6.03 Å². The molecule has 0 aromatic heterocycles. The third kappa shape index (κ3) is 3.53. The second-order valence-electron chi connectivity index (χ2n) is 6.11. The molecule has 126 valence electrons. The molecule has 24 heavy (non-hydrogen) atoms. The molecule has 3 rings (SSSR count). The summed E-state index contributed by atoms with van der Waals surface area (Å²) in [7, 11) is 0. The van der Waals surface area contributed by atoms with Gasteiger partial charge in [-0.25, -0.2) is 4.79 Å². The molecule has 0 aliphatic heterocycles. The van der Waals surface area contributed by atoms with Gasteiger partial charge in [-0.3, -0.25) is 0 Å². The van der Waals surface area contributed by atoms with Gasteiger partial charge in [0.05, 0.1) is 11.1 Å². The lowest BCUT2D eigenvalue weighted by Gasteiger charge is -2.19. The fourth-order valence-electron chi connectivity index (χ4n) is 2.64. The van der Waals surface area contributed by atoms with Crippen molar-refractivity contribution >= 4 is 11.7 Å². The van der Waals surface area contributed by atoms with Crippen LogP contribution in [0, 0.1) is 6.92 Å². The molecule has 1 fully saturated rings. The first-order valence-electron chi connectivity index (χ1n) is 7.62. The molecule has 0 unspecified atom stereocenters. The summed E-state index contributed by atoms with van der Waals surface area (Å²) in [5.74, 6) is 0. The Bertz CT molecular complexity index is 750. The molecule has 2 aromatic rings. The number of aryl methyl sites for hydroxylation is 1. The van der Waals surface area contributed by atoms with Crippen LogP contribution in [-0.2, 0) is 11.7 Å². The van der Waals surface area contributed by atoms with Crippen molar-refractivity contribution in [3.05, 3.63) is 65.2 Å². The van der Waals surface area contributed by atoms with E-state index in [0.29, 0.717) is 0 Å². The zero-order valence-electron chi connectivity index (χ0n) is 13.1. The van der Waals surface area contributed by atoms with E-state index in [1.807, 2.05) is 31.2 Å². The van der Waals surface area contributed by atoms with Crippen LogP contribution < -0.4 is 10.6 Å². The van der Waals surface area contributed by atoms with Gasteiger partial charge in [0.15, 0.2) is 0 Å². The normalized spacial score (nSPS) is 15.7. The van der Waals surface area contributed by atoms with Crippen molar-refractivity contribution < 1.29 is 18.0 Å². The molecule has 2 aromatic carbocycles. The number of anilines is 1. The molecule has 0 atom stereocenters. The van der Waals surface area contributed by atoms with Gasteiger partial charge in [0.25, 0.3) is 0 Å². The highest BCUT2D eigenvalue weighted by Crippen LogP contribution is 2.45. The van der Waals surface area contributed by atoms with Gasteiger partial charge in [0.1, 0.15) is 0 Å². The highest BCUT2D eigenvalue weighted by Gasteiger charge is 2.45. The Labute approximate surface area is 137 Å². The number of halogens is 3. The van der Waals surface area contributed by atoms with E-state index in [2.05, 4.69) is 10.6 Å². The molecule has 0 saturated heterocycles. The Balaban J connectivity index is 1.69. The summed E-state index contributed by atoms with van der Waals surface area (Å²) in [6, 6.07) is 12.0. The average Bonchev–Trinajstić information content (AvgIpc) is 3.27. The number of carbonyl (C=O) groups excluding carboxylic acids is 1. The summed E-state index contributed by atoms with van der Waals surface area (Å²) in [6.45, 7) is 1.98. The van der Waals surface area contributed by atoms with E-state index in [4.69, 9.17) is 0 Å². The van der Waals surface area contributed by atoms with Crippen molar-refractivity contribution in [1.82, 2.24) is 5.32 Å². The second kappa shape index (κ2) is 5.85. The topological polar surface area (TPSA) is 41.1 Å². The fourth-order valence-corrected chi connectivity index (χ4v) is 2.64. The largest absolute Gasteiger partial charge is 0.416 e. The van der Waals surface area contributed by atoms with Gasteiger partial charge < -0.3 is 10.6 Å². The minimum Gasteiger partial charge on any atom is -0.328 e. The molecule has 0 spiro atoms. The Morgan fingerprint density at radius 3 is 2.33 bits per heavy atom. The number of hydrogen-bond donors (Lipinski definition) is 2. The van der Waals surface area contributed by atoms with E-state index < -0.39 is 23.3 Å². The van der Waals surface area contributed by atoms with Crippen LogP contribution >= 0.6 is 0 Å². The van der Waals surface area contributed by atoms with Crippen LogP contribution in [0.15, 0.2) is 48.5 Å². The fraction of sp³-hybridized carbons (Fsp3) is 0.278. The van der Waals surface area contributed by atoms with Gasteiger partial charge in [-0.05, 0) is 43.5 Å². The Morgan fingerprint density at radius 1 is 1.08 bits per heavy atom. The van der Waals surface area contributed by atoms with Crippen molar-refractivity contribution in [1.29, 1.82) is 0 Å². The summed E-state index contributed by atoms with van der Waals surface area (Å²) >= 11 is 0. The van der Waals surface area contributed by atoms with Gasteiger partial charge in [-0.2, -0.15) is 13.2 Å². The van der Waals surface area contributed by atoms with E-state index in [1.54, 1.807) is 0 Å². The summed E-state index contributed by atoms with van der Waals surface area (Å²) in [4.78, 5) is 12.2. The number of rotatable bonds is 3. The van der Waals surface area contributed by atoms with Crippen molar-refractivity contribution in [2.75, 3.05) is 5.32 Å². The monoisotopic (exact) mass is 334 g/mol. The average molecular weight is 334 g/mol. The molecule has 3 nitrogen and oxygen atoms in total. The molecule has 0 radical (unpaired) electrons. The summed E-state index contributed by atoms with van der Waals surface area (Å²) in [5, 5.41) is 5.36. The Hall–Kier alpha value is -2.50. The lowest BCUT2D eigenvalue weighted by molar-refractivity contribution is -0.137. The minimum absolute atomic E-state index is 0.113. The highest BCUT2D eigenvalue weighted by atomic mass is 19.4. The lowest BCUT2D eigenvalue weighted by Crippen LogP contribution is -2.38. The predicted octanol–water partition coefficient (Wildman–Crippen LogP) is 4.82. The molecule has 6 heteroatoms. The molecule has 1 saturated carbocycles. The lowest BCUT2D eigenvalue weighted by atomic mass is 10.0. The van der Waals surface area contributed by atoms with Crippen LogP contribution in [0.4, 0.5) is 23.7 Å². The first-order chi connectivity index (χ1) is 11.3. The summed E-state index contributed by atoms with van der Waals surface area (Å²) in [5.41, 5.74) is 1.04. The number of hydrogen-bond acceptors (Lipinski definition) is 1. The SMILES string of the molecule is Cc1ccc(C2(NC(=O)Nc3cccc(C(F)(F)F)c3)CC2)cc1. The summed E-state index contributed by atoms with van der Waals surface area (Å²) in [6.07, 6.45) is -2.81. The van der Waals surface area contributed by atoms with Crippen molar-refractivity contribution in [2.24, 2.45) is 0 Å². The van der Waals surface area contributed by atoms with Gasteiger partial charge in [0.2, 0.25) is 0 Å². The van der Waals surface area contributed by atoms with Crippen LogP contribution in [0.25, 0.3) is 0 Å². The second-order valence-corrected chi connectivity index (χ2v) is 6.11. The maximum atomic E-state index is 12.7. The highest BCUT2D eigenvalue weighted by molar-refractivity contribution is 5.90. The third-order valence-corrected chi connectivity index (χ3v) is 4.15. The van der Waals surface area contributed by atoms with E-state index in [0.717, 1.165) is 36.1 Å². The number of amides is 2. The maximum absolute atomic E-state index is 12.7. The smallest absolute Gasteiger partial charge is 0.328 e. The van der Waals surface area contributed by atoms with E-state index >= 15 is 0 Å². The molecular weight excluding hydrogens is 317 g/mol. The minimum atomic E-state index is -4.44. The quantitative estimate of drug-likeness (QED) is 0.830. The summed E-state index contributed by atoms with van der Waals surface area (Å²) < 4.78 is 38.1. The first-order valence-corrected chi connectivity index (χ1v) is 7.62.